The predicted molar refractivity (Wildman–Crippen MR) is 124 cm³/mol. The molecule has 10 heteroatoms. The standard InChI is InChI=1S/C23H23FN6O2S/c1-13-19(14(2)30-23(27-13)20(10-26-30)22(25)32)8-9-21(31)29(11-17-12-33-15(3)28-17)18-6-4-16(24)5-7-18/h4-7,10,12H,8-9,11H2,1-3H3,(H2,25,32). The van der Waals surface area contributed by atoms with E-state index >= 15 is 0 Å². The van der Waals surface area contributed by atoms with Gasteiger partial charge < -0.3 is 10.6 Å². The lowest BCUT2D eigenvalue weighted by Gasteiger charge is -2.22. The quantitative estimate of drug-likeness (QED) is 0.449. The summed E-state index contributed by atoms with van der Waals surface area (Å²) < 4.78 is 15.0. The van der Waals surface area contributed by atoms with Gasteiger partial charge in [0.2, 0.25) is 5.91 Å². The number of carbonyl (C=O) groups excluding carboxylic acids is 2. The molecular weight excluding hydrogens is 443 g/mol. The second kappa shape index (κ2) is 9.07. The van der Waals surface area contributed by atoms with Crippen molar-refractivity contribution in [1.29, 1.82) is 0 Å². The van der Waals surface area contributed by atoms with Crippen LogP contribution in [0.15, 0.2) is 35.8 Å². The van der Waals surface area contributed by atoms with E-state index in [9.17, 15) is 14.0 Å². The third-order valence-corrected chi connectivity index (χ3v) is 6.31. The molecule has 33 heavy (non-hydrogen) atoms. The van der Waals surface area contributed by atoms with Crippen LogP contribution in [0.1, 0.15) is 44.4 Å². The maximum Gasteiger partial charge on any atom is 0.254 e. The number of anilines is 1. The third kappa shape index (κ3) is 4.61. The lowest BCUT2D eigenvalue weighted by molar-refractivity contribution is -0.118. The average molecular weight is 467 g/mol. The smallest absolute Gasteiger partial charge is 0.254 e. The van der Waals surface area contributed by atoms with E-state index in [0.29, 0.717) is 30.0 Å². The number of hydrogen-bond donors (Lipinski definition) is 1. The van der Waals surface area contributed by atoms with Crippen LogP contribution in [-0.4, -0.2) is 31.4 Å². The van der Waals surface area contributed by atoms with Gasteiger partial charge in [0.25, 0.3) is 5.91 Å². The molecule has 4 rings (SSSR count). The first-order valence-corrected chi connectivity index (χ1v) is 11.2. The summed E-state index contributed by atoms with van der Waals surface area (Å²) in [6.07, 6.45) is 2.04. The molecular formula is C23H23FN6O2S. The number of amides is 2. The summed E-state index contributed by atoms with van der Waals surface area (Å²) in [6.45, 7) is 5.91. The summed E-state index contributed by atoms with van der Waals surface area (Å²) >= 11 is 1.52. The Morgan fingerprint density at radius 2 is 1.88 bits per heavy atom. The maximum atomic E-state index is 13.5. The first-order chi connectivity index (χ1) is 15.7. The molecule has 0 aliphatic heterocycles. The van der Waals surface area contributed by atoms with Gasteiger partial charge in [-0.2, -0.15) is 5.10 Å². The van der Waals surface area contributed by atoms with Gasteiger partial charge in [-0.15, -0.1) is 11.3 Å². The number of hydrogen-bond acceptors (Lipinski definition) is 6. The largest absolute Gasteiger partial charge is 0.365 e. The van der Waals surface area contributed by atoms with Gasteiger partial charge >= 0.3 is 0 Å². The van der Waals surface area contributed by atoms with Crippen LogP contribution >= 0.6 is 11.3 Å². The Kier molecular flexibility index (Phi) is 6.19. The van der Waals surface area contributed by atoms with E-state index in [1.54, 1.807) is 21.5 Å². The van der Waals surface area contributed by atoms with E-state index in [4.69, 9.17) is 5.73 Å². The monoisotopic (exact) mass is 466 g/mol. The number of aryl methyl sites for hydroxylation is 3. The predicted octanol–water partition coefficient (Wildman–Crippen LogP) is 3.52. The molecule has 0 saturated carbocycles. The van der Waals surface area contributed by atoms with Gasteiger partial charge in [0.05, 0.1) is 23.4 Å². The molecule has 0 atom stereocenters. The highest BCUT2D eigenvalue weighted by Crippen LogP contribution is 2.23. The number of primary amides is 1. The molecule has 0 aliphatic carbocycles. The number of fused-ring (bicyclic) bond motifs is 1. The second-order valence-electron chi connectivity index (χ2n) is 7.73. The SMILES string of the molecule is Cc1nc(CN(C(=O)CCc2c(C)nc3c(C(N)=O)cnn3c2C)c2ccc(F)cc2)cs1. The minimum absolute atomic E-state index is 0.121. The van der Waals surface area contributed by atoms with Crippen molar-refractivity contribution < 1.29 is 14.0 Å². The summed E-state index contributed by atoms with van der Waals surface area (Å²) in [7, 11) is 0. The highest BCUT2D eigenvalue weighted by Gasteiger charge is 2.21. The van der Waals surface area contributed by atoms with Crippen LogP contribution in [0, 0.1) is 26.6 Å². The van der Waals surface area contributed by atoms with E-state index in [-0.39, 0.29) is 23.7 Å². The van der Waals surface area contributed by atoms with Crippen molar-refractivity contribution in [3.8, 4) is 0 Å². The Hall–Kier alpha value is -3.66. The molecule has 3 aromatic heterocycles. The van der Waals surface area contributed by atoms with Crippen LogP contribution in [-0.2, 0) is 17.8 Å². The van der Waals surface area contributed by atoms with Crippen molar-refractivity contribution in [1.82, 2.24) is 19.6 Å². The molecule has 3 heterocycles. The molecule has 0 aliphatic rings. The second-order valence-corrected chi connectivity index (χ2v) is 8.80. The Morgan fingerprint density at radius 1 is 1.15 bits per heavy atom. The van der Waals surface area contributed by atoms with Crippen molar-refractivity contribution in [3.05, 3.63) is 74.9 Å². The number of thiazole rings is 1. The molecule has 4 aromatic rings. The first kappa shape index (κ1) is 22.5. The number of carbonyl (C=O) groups is 2. The summed E-state index contributed by atoms with van der Waals surface area (Å²) in [5.41, 5.74) is 9.83. The molecule has 2 N–H and O–H groups in total. The fourth-order valence-electron chi connectivity index (χ4n) is 3.80. The van der Waals surface area contributed by atoms with Crippen LogP contribution in [0.25, 0.3) is 5.65 Å². The van der Waals surface area contributed by atoms with E-state index < -0.39 is 5.91 Å². The van der Waals surface area contributed by atoms with Crippen molar-refractivity contribution in [2.24, 2.45) is 5.73 Å². The van der Waals surface area contributed by atoms with E-state index in [1.165, 1.54) is 29.7 Å². The van der Waals surface area contributed by atoms with E-state index in [0.717, 1.165) is 22.0 Å². The van der Waals surface area contributed by atoms with Crippen LogP contribution in [0.2, 0.25) is 0 Å². The van der Waals surface area contributed by atoms with E-state index in [2.05, 4.69) is 15.1 Å². The lowest BCUT2D eigenvalue weighted by atomic mass is 10.1. The summed E-state index contributed by atoms with van der Waals surface area (Å²) in [4.78, 5) is 35.5. The molecule has 0 radical (unpaired) electrons. The topological polar surface area (TPSA) is 106 Å². The summed E-state index contributed by atoms with van der Waals surface area (Å²) in [6, 6.07) is 5.85. The van der Waals surface area contributed by atoms with Gasteiger partial charge in [-0.3, -0.25) is 9.59 Å². The third-order valence-electron chi connectivity index (χ3n) is 5.49. The number of aromatic nitrogens is 4. The number of nitrogens with zero attached hydrogens (tertiary/aromatic N) is 5. The van der Waals surface area contributed by atoms with Crippen molar-refractivity contribution in [2.45, 2.75) is 40.2 Å². The normalized spacial score (nSPS) is 11.2. The molecule has 170 valence electrons. The summed E-state index contributed by atoms with van der Waals surface area (Å²) in [5.74, 6) is -1.08. The molecule has 1 aromatic carbocycles. The zero-order chi connectivity index (χ0) is 23.7. The Labute approximate surface area is 193 Å². The fraction of sp³-hybridized carbons (Fsp3) is 0.261. The zero-order valence-corrected chi connectivity index (χ0v) is 19.3. The Bertz CT molecular complexity index is 1350. The van der Waals surface area contributed by atoms with Gasteiger partial charge in [-0.1, -0.05) is 0 Å². The minimum atomic E-state index is -0.591. The molecule has 8 nitrogen and oxygen atoms in total. The van der Waals surface area contributed by atoms with Crippen LogP contribution in [0.5, 0.6) is 0 Å². The van der Waals surface area contributed by atoms with Gasteiger partial charge in [0, 0.05) is 28.9 Å². The summed E-state index contributed by atoms with van der Waals surface area (Å²) in [5, 5.41) is 7.06. The van der Waals surface area contributed by atoms with Crippen LogP contribution in [0.3, 0.4) is 0 Å². The number of nitrogens with two attached hydrogens (primary N) is 1. The highest BCUT2D eigenvalue weighted by molar-refractivity contribution is 7.09. The molecule has 2 amide bonds. The van der Waals surface area contributed by atoms with Crippen molar-refractivity contribution >= 4 is 34.5 Å². The van der Waals surface area contributed by atoms with Crippen molar-refractivity contribution in [3.63, 3.8) is 0 Å². The van der Waals surface area contributed by atoms with Gasteiger partial charge in [-0.25, -0.2) is 18.9 Å². The maximum absolute atomic E-state index is 13.5. The Balaban J connectivity index is 1.60. The molecule has 0 fully saturated rings. The molecule has 0 bridgehead atoms. The fourth-order valence-corrected chi connectivity index (χ4v) is 4.40. The number of rotatable bonds is 7. The average Bonchev–Trinajstić information content (AvgIpc) is 3.38. The number of benzene rings is 1. The van der Waals surface area contributed by atoms with Gasteiger partial charge in [-0.05, 0) is 57.0 Å². The van der Waals surface area contributed by atoms with E-state index in [1.807, 2.05) is 26.2 Å². The molecule has 0 spiro atoms. The van der Waals surface area contributed by atoms with Crippen LogP contribution < -0.4 is 10.6 Å². The first-order valence-electron chi connectivity index (χ1n) is 10.3. The zero-order valence-electron chi connectivity index (χ0n) is 18.5. The highest BCUT2D eigenvalue weighted by atomic mass is 32.1. The lowest BCUT2D eigenvalue weighted by Crippen LogP contribution is -2.31. The van der Waals surface area contributed by atoms with Crippen molar-refractivity contribution in [2.75, 3.05) is 4.90 Å². The van der Waals surface area contributed by atoms with Crippen LogP contribution in [0.4, 0.5) is 10.1 Å². The Morgan fingerprint density at radius 3 is 2.52 bits per heavy atom. The van der Waals surface area contributed by atoms with Gasteiger partial charge in [0.15, 0.2) is 5.65 Å². The molecule has 0 saturated heterocycles. The molecule has 0 unspecified atom stereocenters. The minimum Gasteiger partial charge on any atom is -0.365 e. The van der Waals surface area contributed by atoms with Gasteiger partial charge in [0.1, 0.15) is 11.4 Å². The number of halogens is 1.